The number of H-pyrrole nitrogens is 1. The van der Waals surface area contributed by atoms with Gasteiger partial charge in [0, 0.05) is 0 Å². The molecule has 1 N–H and O–H groups in total. The number of rotatable bonds is 1. The molecule has 0 aliphatic carbocycles. The smallest absolute Gasteiger partial charge is 0.137 e. The van der Waals surface area contributed by atoms with Crippen LogP contribution < -0.4 is 0 Å². The zero-order valence-electron chi connectivity index (χ0n) is 4.43. The summed E-state index contributed by atoms with van der Waals surface area (Å²) in [6.07, 6.45) is 1.52. The molecule has 8 heavy (non-hydrogen) atoms. The van der Waals surface area contributed by atoms with E-state index in [0.29, 0.717) is 3.92 Å². The molecular weight excluding hydrogens is 217 g/mol. The lowest BCUT2D eigenvalue weighted by Gasteiger charge is -1.91. The quantitative estimate of drug-likeness (QED) is 0.575. The van der Waals surface area contributed by atoms with Gasteiger partial charge in [-0.3, -0.25) is 5.10 Å². The Morgan fingerprint density at radius 3 is 2.88 bits per heavy atom. The van der Waals surface area contributed by atoms with E-state index in [1.54, 1.807) is 0 Å². The zero-order valence-corrected chi connectivity index (χ0v) is 6.58. The lowest BCUT2D eigenvalue weighted by atomic mass is 10.5. The van der Waals surface area contributed by atoms with E-state index in [1.807, 2.05) is 0 Å². The van der Waals surface area contributed by atoms with Crippen LogP contribution in [0.1, 0.15) is 16.7 Å². The highest BCUT2D eigenvalue weighted by Gasteiger charge is 1.99. The highest BCUT2D eigenvalue weighted by Crippen LogP contribution is 2.15. The second-order valence-electron chi connectivity index (χ2n) is 1.49. The molecule has 44 valence electrons. The highest BCUT2D eigenvalue weighted by molar-refractivity contribution is 14.1. The van der Waals surface area contributed by atoms with Crippen molar-refractivity contribution in [2.45, 2.75) is 10.8 Å². The average molecular weight is 223 g/mol. The van der Waals surface area contributed by atoms with Gasteiger partial charge >= 0.3 is 0 Å². The van der Waals surface area contributed by atoms with Crippen molar-refractivity contribution in [2.75, 3.05) is 0 Å². The predicted octanol–water partition coefficient (Wildman–Crippen LogP) is 1.30. The first-order valence-corrected chi connectivity index (χ1v) is 3.54. The van der Waals surface area contributed by atoms with Gasteiger partial charge in [0.25, 0.3) is 0 Å². The lowest BCUT2D eigenvalue weighted by Crippen LogP contribution is -1.84. The monoisotopic (exact) mass is 223 g/mol. The number of hydrogen-bond acceptors (Lipinski definition) is 2. The molecule has 1 heterocycles. The van der Waals surface area contributed by atoms with Gasteiger partial charge in [-0.25, -0.2) is 4.98 Å². The first-order chi connectivity index (χ1) is 3.80. The fourth-order valence-electron chi connectivity index (χ4n) is 0.407. The van der Waals surface area contributed by atoms with Gasteiger partial charge in [0.15, 0.2) is 0 Å². The molecule has 0 aliphatic heterocycles. The average Bonchev–Trinajstić information content (AvgIpc) is 2.12. The molecule has 0 bridgehead atoms. The Labute approximate surface area is 61.0 Å². The summed E-state index contributed by atoms with van der Waals surface area (Å²) in [5.74, 6) is 0.936. The summed E-state index contributed by atoms with van der Waals surface area (Å²) >= 11 is 2.27. The number of aromatic nitrogens is 3. The van der Waals surface area contributed by atoms with E-state index in [0.717, 1.165) is 5.82 Å². The largest absolute Gasteiger partial charge is 0.262 e. The van der Waals surface area contributed by atoms with Gasteiger partial charge in [-0.05, 0) is 6.92 Å². The number of nitrogens with zero attached hydrogens (tertiary/aromatic N) is 2. The minimum absolute atomic E-state index is 0.426. The molecule has 1 aromatic heterocycles. The highest BCUT2D eigenvalue weighted by atomic mass is 127. The van der Waals surface area contributed by atoms with Gasteiger partial charge in [-0.15, -0.1) is 0 Å². The maximum Gasteiger partial charge on any atom is 0.137 e. The van der Waals surface area contributed by atoms with Crippen molar-refractivity contribution in [3.8, 4) is 0 Å². The van der Waals surface area contributed by atoms with Crippen molar-refractivity contribution in [1.82, 2.24) is 15.2 Å². The molecule has 1 atom stereocenters. The standard InChI is InChI=1S/C4H6IN3/c1-3(5)4-6-2-7-8-4/h2-3H,1H3,(H,6,7,8). The zero-order chi connectivity index (χ0) is 5.98. The van der Waals surface area contributed by atoms with Gasteiger partial charge in [-0.2, -0.15) is 5.10 Å². The third-order valence-corrected chi connectivity index (χ3v) is 1.40. The second-order valence-corrected chi connectivity index (χ2v) is 3.36. The molecule has 1 unspecified atom stereocenters. The summed E-state index contributed by atoms with van der Waals surface area (Å²) in [7, 11) is 0. The molecule has 0 aliphatic rings. The summed E-state index contributed by atoms with van der Waals surface area (Å²) in [6, 6.07) is 0. The van der Waals surface area contributed by atoms with Gasteiger partial charge in [0.2, 0.25) is 0 Å². The molecule has 0 saturated carbocycles. The fourth-order valence-corrected chi connectivity index (χ4v) is 0.707. The molecule has 0 spiro atoms. The summed E-state index contributed by atoms with van der Waals surface area (Å²) in [5, 5.41) is 6.47. The molecule has 1 rings (SSSR count). The Balaban J connectivity index is 2.77. The Bertz CT molecular complexity index is 146. The minimum atomic E-state index is 0.426. The number of alkyl halides is 1. The molecule has 3 nitrogen and oxygen atoms in total. The van der Waals surface area contributed by atoms with Crippen LogP contribution in [0.2, 0.25) is 0 Å². The molecule has 0 radical (unpaired) electrons. The van der Waals surface area contributed by atoms with Crippen LogP contribution in [-0.4, -0.2) is 15.2 Å². The normalized spacial score (nSPS) is 13.8. The second kappa shape index (κ2) is 2.43. The van der Waals surface area contributed by atoms with Crippen LogP contribution in [0.5, 0.6) is 0 Å². The van der Waals surface area contributed by atoms with E-state index in [-0.39, 0.29) is 0 Å². The first kappa shape index (κ1) is 6.00. The minimum Gasteiger partial charge on any atom is -0.262 e. The molecule has 0 saturated heterocycles. The first-order valence-electron chi connectivity index (χ1n) is 2.30. The third-order valence-electron chi connectivity index (χ3n) is 0.810. The number of aromatic amines is 1. The van der Waals surface area contributed by atoms with E-state index in [1.165, 1.54) is 6.33 Å². The molecular formula is C4H6IN3. The summed E-state index contributed by atoms with van der Waals surface area (Å²) in [4.78, 5) is 3.94. The number of halogens is 1. The molecule has 4 heteroatoms. The van der Waals surface area contributed by atoms with Crippen LogP contribution >= 0.6 is 22.6 Å². The van der Waals surface area contributed by atoms with E-state index < -0.39 is 0 Å². The number of nitrogens with one attached hydrogen (secondary N) is 1. The summed E-state index contributed by atoms with van der Waals surface area (Å²) in [6.45, 7) is 2.06. The van der Waals surface area contributed by atoms with Crippen molar-refractivity contribution in [2.24, 2.45) is 0 Å². The Kier molecular flexibility index (Phi) is 1.82. The third kappa shape index (κ3) is 1.18. The van der Waals surface area contributed by atoms with E-state index in [9.17, 15) is 0 Å². The SMILES string of the molecule is CC(I)c1ncn[nH]1. The van der Waals surface area contributed by atoms with E-state index in [2.05, 4.69) is 44.7 Å². The van der Waals surface area contributed by atoms with Crippen LogP contribution in [0.3, 0.4) is 0 Å². The van der Waals surface area contributed by atoms with Gasteiger partial charge in [0.1, 0.15) is 12.2 Å². The molecule has 1 aromatic rings. The molecule has 0 aromatic carbocycles. The number of hydrogen-bond donors (Lipinski definition) is 1. The van der Waals surface area contributed by atoms with Crippen LogP contribution in [0.25, 0.3) is 0 Å². The van der Waals surface area contributed by atoms with Crippen molar-refractivity contribution < 1.29 is 0 Å². The van der Waals surface area contributed by atoms with E-state index in [4.69, 9.17) is 0 Å². The molecule has 0 amide bonds. The van der Waals surface area contributed by atoms with Crippen LogP contribution in [0, 0.1) is 0 Å². The van der Waals surface area contributed by atoms with Crippen molar-refractivity contribution in [3.05, 3.63) is 12.2 Å². The van der Waals surface area contributed by atoms with Crippen LogP contribution in [0.4, 0.5) is 0 Å². The maximum absolute atomic E-state index is 3.94. The van der Waals surface area contributed by atoms with E-state index >= 15 is 0 Å². The van der Waals surface area contributed by atoms with Crippen molar-refractivity contribution in [1.29, 1.82) is 0 Å². The Morgan fingerprint density at radius 2 is 2.62 bits per heavy atom. The topological polar surface area (TPSA) is 41.6 Å². The maximum atomic E-state index is 3.94. The predicted molar refractivity (Wildman–Crippen MR) is 38.8 cm³/mol. The van der Waals surface area contributed by atoms with Gasteiger partial charge < -0.3 is 0 Å². The summed E-state index contributed by atoms with van der Waals surface area (Å²) in [5.41, 5.74) is 0. The fraction of sp³-hybridized carbons (Fsp3) is 0.500. The Hall–Kier alpha value is -0.130. The van der Waals surface area contributed by atoms with Gasteiger partial charge in [-0.1, -0.05) is 22.6 Å². The van der Waals surface area contributed by atoms with Crippen molar-refractivity contribution in [3.63, 3.8) is 0 Å². The van der Waals surface area contributed by atoms with Crippen LogP contribution in [-0.2, 0) is 0 Å². The van der Waals surface area contributed by atoms with Crippen LogP contribution in [0.15, 0.2) is 6.33 Å². The lowest BCUT2D eigenvalue weighted by molar-refractivity contribution is 0.950. The van der Waals surface area contributed by atoms with Crippen molar-refractivity contribution >= 4 is 22.6 Å². The van der Waals surface area contributed by atoms with Gasteiger partial charge in [0.05, 0.1) is 3.92 Å². The molecule has 0 fully saturated rings. The summed E-state index contributed by atoms with van der Waals surface area (Å²) < 4.78 is 0.426. The Morgan fingerprint density at radius 1 is 1.88 bits per heavy atom.